The fourth-order valence-corrected chi connectivity index (χ4v) is 3.82. The van der Waals surface area contributed by atoms with E-state index in [1.165, 1.54) is 12.1 Å². The molecule has 0 bridgehead atoms. The third-order valence-corrected chi connectivity index (χ3v) is 5.30. The Kier molecular flexibility index (Phi) is 4.35. The van der Waals surface area contributed by atoms with Crippen molar-refractivity contribution in [3.8, 4) is 0 Å². The van der Waals surface area contributed by atoms with Gasteiger partial charge in [0.05, 0.1) is 10.6 Å². The van der Waals surface area contributed by atoms with Crippen molar-refractivity contribution in [2.75, 3.05) is 16.8 Å². The number of carbonyl (C=O) groups is 2. The molecule has 1 unspecified atom stereocenters. The van der Waals surface area contributed by atoms with Crippen LogP contribution in [0.4, 0.5) is 17.1 Å². The van der Waals surface area contributed by atoms with Gasteiger partial charge < -0.3 is 10.2 Å². The SMILES string of the molecule is O=C1Nc2ccccc2CC1CCC(=O)N1CCc2ccc([N+](=O)[O-])cc21. The third kappa shape index (κ3) is 3.28. The Bertz CT molecular complexity index is 941. The average Bonchev–Trinajstić information content (AvgIpc) is 3.09. The molecule has 1 atom stereocenters. The number of hydrogen-bond acceptors (Lipinski definition) is 4. The summed E-state index contributed by atoms with van der Waals surface area (Å²) in [4.78, 5) is 37.2. The molecule has 2 aromatic carbocycles. The van der Waals surface area contributed by atoms with Crippen LogP contribution < -0.4 is 10.2 Å². The first-order valence-corrected chi connectivity index (χ1v) is 8.99. The lowest BCUT2D eigenvalue weighted by Crippen LogP contribution is -2.33. The Hall–Kier alpha value is -3.22. The van der Waals surface area contributed by atoms with E-state index in [1.807, 2.05) is 24.3 Å². The van der Waals surface area contributed by atoms with E-state index in [0.717, 1.165) is 16.8 Å². The second kappa shape index (κ2) is 6.83. The second-order valence-electron chi connectivity index (χ2n) is 6.95. The summed E-state index contributed by atoms with van der Waals surface area (Å²) in [5.74, 6) is -0.393. The van der Waals surface area contributed by atoms with E-state index < -0.39 is 4.92 Å². The molecule has 7 nitrogen and oxygen atoms in total. The maximum atomic E-state index is 12.7. The predicted molar refractivity (Wildman–Crippen MR) is 101 cm³/mol. The summed E-state index contributed by atoms with van der Waals surface area (Å²) in [6.45, 7) is 0.523. The molecule has 0 fully saturated rings. The van der Waals surface area contributed by atoms with Gasteiger partial charge in [-0.3, -0.25) is 19.7 Å². The van der Waals surface area contributed by atoms with E-state index in [0.29, 0.717) is 31.5 Å². The first kappa shape index (κ1) is 17.2. The molecule has 0 spiro atoms. The monoisotopic (exact) mass is 365 g/mol. The molecule has 4 rings (SSSR count). The number of fused-ring (bicyclic) bond motifs is 2. The Morgan fingerprint density at radius 3 is 2.85 bits per heavy atom. The van der Waals surface area contributed by atoms with Gasteiger partial charge in [0.1, 0.15) is 0 Å². The third-order valence-electron chi connectivity index (χ3n) is 5.30. The molecule has 0 saturated heterocycles. The van der Waals surface area contributed by atoms with Crippen molar-refractivity contribution in [3.63, 3.8) is 0 Å². The van der Waals surface area contributed by atoms with Crippen LogP contribution >= 0.6 is 0 Å². The Morgan fingerprint density at radius 1 is 1.22 bits per heavy atom. The van der Waals surface area contributed by atoms with Gasteiger partial charge in [-0.2, -0.15) is 0 Å². The van der Waals surface area contributed by atoms with Crippen molar-refractivity contribution < 1.29 is 14.5 Å². The average molecular weight is 365 g/mol. The summed E-state index contributed by atoms with van der Waals surface area (Å²) in [5.41, 5.74) is 3.46. The number of carbonyl (C=O) groups excluding carboxylic acids is 2. The van der Waals surface area contributed by atoms with Gasteiger partial charge in [-0.25, -0.2) is 0 Å². The maximum Gasteiger partial charge on any atom is 0.271 e. The Morgan fingerprint density at radius 2 is 2.04 bits per heavy atom. The molecular formula is C20H19N3O4. The number of nitrogens with zero attached hydrogens (tertiary/aromatic N) is 2. The topological polar surface area (TPSA) is 92.6 Å². The maximum absolute atomic E-state index is 12.7. The van der Waals surface area contributed by atoms with E-state index in [2.05, 4.69) is 5.32 Å². The summed E-state index contributed by atoms with van der Waals surface area (Å²) < 4.78 is 0. The number of hydrogen-bond donors (Lipinski definition) is 1. The van der Waals surface area contributed by atoms with Crippen molar-refractivity contribution in [2.24, 2.45) is 5.92 Å². The van der Waals surface area contributed by atoms with Gasteiger partial charge in [-0.05, 0) is 36.5 Å². The lowest BCUT2D eigenvalue weighted by molar-refractivity contribution is -0.384. The zero-order chi connectivity index (χ0) is 19.0. The van der Waals surface area contributed by atoms with E-state index >= 15 is 0 Å². The van der Waals surface area contributed by atoms with E-state index in [1.54, 1.807) is 11.0 Å². The second-order valence-corrected chi connectivity index (χ2v) is 6.95. The molecule has 1 N–H and O–H groups in total. The van der Waals surface area contributed by atoms with Gasteiger partial charge in [-0.15, -0.1) is 0 Å². The summed E-state index contributed by atoms with van der Waals surface area (Å²) in [6.07, 6.45) is 2.01. The number of nitro groups is 1. The smallest absolute Gasteiger partial charge is 0.271 e. The summed E-state index contributed by atoms with van der Waals surface area (Å²) in [7, 11) is 0. The number of amides is 2. The van der Waals surface area contributed by atoms with Crippen LogP contribution in [0.1, 0.15) is 24.0 Å². The molecule has 0 radical (unpaired) electrons. The van der Waals surface area contributed by atoms with Gasteiger partial charge in [0, 0.05) is 36.7 Å². The highest BCUT2D eigenvalue weighted by Crippen LogP contribution is 2.33. The van der Waals surface area contributed by atoms with Crippen molar-refractivity contribution in [1.29, 1.82) is 0 Å². The van der Waals surface area contributed by atoms with Gasteiger partial charge >= 0.3 is 0 Å². The molecule has 2 heterocycles. The number of nitro benzene ring substituents is 1. The first-order valence-electron chi connectivity index (χ1n) is 8.99. The van der Waals surface area contributed by atoms with E-state index in [4.69, 9.17) is 0 Å². The molecule has 0 aliphatic carbocycles. The van der Waals surface area contributed by atoms with Crippen LogP contribution in [0.25, 0.3) is 0 Å². The minimum atomic E-state index is -0.453. The van der Waals surface area contributed by atoms with Crippen LogP contribution in [0, 0.1) is 16.0 Å². The molecule has 0 aromatic heterocycles. The van der Waals surface area contributed by atoms with Crippen molar-refractivity contribution in [3.05, 3.63) is 63.7 Å². The molecule has 2 aliphatic rings. The van der Waals surface area contributed by atoms with Gasteiger partial charge in [0.25, 0.3) is 5.69 Å². The number of para-hydroxylation sites is 1. The summed E-state index contributed by atoms with van der Waals surface area (Å²) >= 11 is 0. The van der Waals surface area contributed by atoms with Crippen LogP contribution in [0.5, 0.6) is 0 Å². The molecule has 2 aromatic rings. The lowest BCUT2D eigenvalue weighted by atomic mass is 9.89. The largest absolute Gasteiger partial charge is 0.326 e. The fraction of sp³-hybridized carbons (Fsp3) is 0.300. The lowest BCUT2D eigenvalue weighted by Gasteiger charge is -2.25. The van der Waals surface area contributed by atoms with Crippen LogP contribution in [0.2, 0.25) is 0 Å². The fourth-order valence-electron chi connectivity index (χ4n) is 3.82. The minimum absolute atomic E-state index is 0.0169. The number of benzene rings is 2. The van der Waals surface area contributed by atoms with Gasteiger partial charge in [0.2, 0.25) is 11.8 Å². The standard InChI is InChI=1S/C20H19N3O4/c24-19(22-10-9-13-5-7-16(23(26)27)12-18(13)22)8-6-15-11-14-3-1-2-4-17(14)21-20(15)25/h1-5,7,12,15H,6,8-11H2,(H,21,25). The number of anilines is 2. The van der Waals surface area contributed by atoms with Crippen molar-refractivity contribution in [1.82, 2.24) is 0 Å². The van der Waals surface area contributed by atoms with Crippen LogP contribution in [-0.2, 0) is 22.4 Å². The highest BCUT2D eigenvalue weighted by atomic mass is 16.6. The molecular weight excluding hydrogens is 346 g/mol. The van der Waals surface area contributed by atoms with Crippen molar-refractivity contribution in [2.45, 2.75) is 25.7 Å². The molecule has 2 amide bonds. The van der Waals surface area contributed by atoms with Crippen LogP contribution in [0.3, 0.4) is 0 Å². The minimum Gasteiger partial charge on any atom is -0.326 e. The molecule has 138 valence electrons. The van der Waals surface area contributed by atoms with E-state index in [-0.39, 0.29) is 29.8 Å². The van der Waals surface area contributed by atoms with Crippen molar-refractivity contribution >= 4 is 28.9 Å². The predicted octanol–water partition coefficient (Wildman–Crippen LogP) is 3.08. The number of rotatable bonds is 4. The zero-order valence-electron chi connectivity index (χ0n) is 14.7. The Balaban J connectivity index is 1.44. The number of nitrogens with one attached hydrogen (secondary N) is 1. The quantitative estimate of drug-likeness (QED) is 0.666. The highest BCUT2D eigenvalue weighted by molar-refractivity contribution is 5.98. The first-order chi connectivity index (χ1) is 13.0. The van der Waals surface area contributed by atoms with Gasteiger partial charge in [0.15, 0.2) is 0 Å². The van der Waals surface area contributed by atoms with E-state index in [9.17, 15) is 19.7 Å². The molecule has 27 heavy (non-hydrogen) atoms. The Labute approximate surface area is 156 Å². The zero-order valence-corrected chi connectivity index (χ0v) is 14.7. The van der Waals surface area contributed by atoms with Gasteiger partial charge in [-0.1, -0.05) is 24.3 Å². The normalized spacial score (nSPS) is 17.9. The van der Waals surface area contributed by atoms with Crippen LogP contribution in [0.15, 0.2) is 42.5 Å². The highest BCUT2D eigenvalue weighted by Gasteiger charge is 2.30. The molecule has 7 heteroatoms. The number of non-ortho nitro benzene ring substituents is 1. The van der Waals surface area contributed by atoms with Crippen LogP contribution in [-0.4, -0.2) is 23.3 Å². The molecule has 2 aliphatic heterocycles. The summed E-state index contributed by atoms with van der Waals surface area (Å²) in [5, 5.41) is 13.9. The molecule has 0 saturated carbocycles. The summed E-state index contributed by atoms with van der Waals surface area (Å²) in [6, 6.07) is 12.3.